The normalized spacial score (nSPS) is 10.2. The van der Waals surface area contributed by atoms with Crippen molar-refractivity contribution >= 4 is 23.0 Å². The molecule has 0 aliphatic rings. The topological polar surface area (TPSA) is 72.5 Å². The van der Waals surface area contributed by atoms with Gasteiger partial charge >= 0.3 is 5.97 Å². The molecular weight excluding hydrogens is 250 g/mol. The molecule has 1 aromatic carbocycles. The zero-order valence-electron chi connectivity index (χ0n) is 9.63. The number of nitrogens with two attached hydrogens (primary N) is 1. The monoisotopic (exact) mass is 263 g/mol. The van der Waals surface area contributed by atoms with Gasteiger partial charge in [0.2, 0.25) is 0 Å². The Balaban J connectivity index is 2.05. The van der Waals surface area contributed by atoms with E-state index >= 15 is 0 Å². The van der Waals surface area contributed by atoms with Crippen LogP contribution in [0.5, 0.6) is 5.75 Å². The Kier molecular flexibility index (Phi) is 3.84. The summed E-state index contributed by atoms with van der Waals surface area (Å²) in [5.74, 6) is -0.753. The van der Waals surface area contributed by atoms with E-state index in [9.17, 15) is 4.79 Å². The molecule has 2 aromatic rings. The van der Waals surface area contributed by atoms with E-state index in [1.54, 1.807) is 29.5 Å². The maximum atomic E-state index is 11.1. The van der Waals surface area contributed by atoms with Gasteiger partial charge in [-0.25, -0.2) is 4.79 Å². The zero-order valence-corrected chi connectivity index (χ0v) is 10.4. The SMILES string of the molecule is Nc1cccc(OCCc2ccsc2)c1C(=O)O. The van der Waals surface area contributed by atoms with E-state index in [1.165, 1.54) is 5.56 Å². The van der Waals surface area contributed by atoms with E-state index < -0.39 is 5.97 Å². The van der Waals surface area contributed by atoms with Gasteiger partial charge in [-0.15, -0.1) is 0 Å². The second-order valence-electron chi connectivity index (χ2n) is 3.76. The van der Waals surface area contributed by atoms with Gasteiger partial charge in [-0.3, -0.25) is 0 Å². The third-order valence-corrected chi connectivity index (χ3v) is 3.23. The first-order valence-electron chi connectivity index (χ1n) is 5.44. The van der Waals surface area contributed by atoms with Gasteiger partial charge in [0.15, 0.2) is 0 Å². The number of ether oxygens (including phenoxy) is 1. The predicted octanol–water partition coefficient (Wildman–Crippen LogP) is 2.65. The lowest BCUT2D eigenvalue weighted by molar-refractivity contribution is 0.0693. The van der Waals surface area contributed by atoms with Crippen molar-refractivity contribution in [1.29, 1.82) is 0 Å². The number of hydrogen-bond acceptors (Lipinski definition) is 4. The summed E-state index contributed by atoms with van der Waals surface area (Å²) < 4.78 is 5.50. The second-order valence-corrected chi connectivity index (χ2v) is 4.54. The van der Waals surface area contributed by atoms with E-state index in [2.05, 4.69) is 0 Å². The third kappa shape index (κ3) is 2.81. The molecule has 18 heavy (non-hydrogen) atoms. The van der Waals surface area contributed by atoms with Gasteiger partial charge in [0.1, 0.15) is 11.3 Å². The molecule has 3 N–H and O–H groups in total. The number of carboxylic acid groups (broad SMARTS) is 1. The fraction of sp³-hybridized carbons (Fsp3) is 0.154. The molecule has 0 amide bonds. The fourth-order valence-electron chi connectivity index (χ4n) is 1.61. The van der Waals surface area contributed by atoms with Crippen LogP contribution in [-0.2, 0) is 6.42 Å². The van der Waals surface area contributed by atoms with E-state index in [0.717, 1.165) is 6.42 Å². The molecule has 0 atom stereocenters. The van der Waals surface area contributed by atoms with E-state index in [0.29, 0.717) is 12.4 Å². The Morgan fingerprint density at radius 2 is 2.22 bits per heavy atom. The largest absolute Gasteiger partial charge is 0.492 e. The summed E-state index contributed by atoms with van der Waals surface area (Å²) in [7, 11) is 0. The smallest absolute Gasteiger partial charge is 0.341 e. The predicted molar refractivity (Wildman–Crippen MR) is 71.3 cm³/mol. The summed E-state index contributed by atoms with van der Waals surface area (Å²) in [6, 6.07) is 6.87. The van der Waals surface area contributed by atoms with Crippen LogP contribution in [0.15, 0.2) is 35.0 Å². The highest BCUT2D eigenvalue weighted by Gasteiger charge is 2.14. The van der Waals surface area contributed by atoms with Gasteiger partial charge in [-0.05, 0) is 34.5 Å². The number of hydrogen-bond donors (Lipinski definition) is 2. The summed E-state index contributed by atoms with van der Waals surface area (Å²) in [5.41, 5.74) is 7.06. The molecule has 4 nitrogen and oxygen atoms in total. The number of aromatic carboxylic acids is 1. The molecule has 0 fully saturated rings. The molecule has 2 rings (SSSR count). The van der Waals surface area contributed by atoms with Crippen LogP contribution in [0.4, 0.5) is 5.69 Å². The number of nitrogen functional groups attached to an aromatic ring is 1. The van der Waals surface area contributed by atoms with Crippen LogP contribution in [0.25, 0.3) is 0 Å². The lowest BCUT2D eigenvalue weighted by Gasteiger charge is -2.10. The number of benzene rings is 1. The third-order valence-electron chi connectivity index (χ3n) is 2.50. The quantitative estimate of drug-likeness (QED) is 0.813. The first-order chi connectivity index (χ1) is 8.68. The van der Waals surface area contributed by atoms with Crippen molar-refractivity contribution in [1.82, 2.24) is 0 Å². The van der Waals surface area contributed by atoms with Crippen LogP contribution in [0.1, 0.15) is 15.9 Å². The fourth-order valence-corrected chi connectivity index (χ4v) is 2.31. The number of carboxylic acids is 1. The van der Waals surface area contributed by atoms with Gasteiger partial charge in [0.25, 0.3) is 0 Å². The highest BCUT2D eigenvalue weighted by atomic mass is 32.1. The molecule has 94 valence electrons. The minimum Gasteiger partial charge on any atom is -0.492 e. The van der Waals surface area contributed by atoms with Crippen LogP contribution in [0.3, 0.4) is 0 Å². The van der Waals surface area contributed by atoms with Crippen molar-refractivity contribution < 1.29 is 14.6 Å². The first kappa shape index (κ1) is 12.4. The van der Waals surface area contributed by atoms with E-state index in [1.807, 2.05) is 16.8 Å². The molecule has 0 radical (unpaired) electrons. The minimum absolute atomic E-state index is 0.0304. The Morgan fingerprint density at radius 1 is 1.39 bits per heavy atom. The molecule has 1 aromatic heterocycles. The van der Waals surface area contributed by atoms with Crippen LogP contribution in [0.2, 0.25) is 0 Å². The summed E-state index contributed by atoms with van der Waals surface area (Å²) in [6.45, 7) is 0.431. The first-order valence-corrected chi connectivity index (χ1v) is 6.38. The van der Waals surface area contributed by atoms with Crippen molar-refractivity contribution in [3.63, 3.8) is 0 Å². The van der Waals surface area contributed by atoms with Gasteiger partial charge < -0.3 is 15.6 Å². The van der Waals surface area contributed by atoms with E-state index in [-0.39, 0.29) is 11.3 Å². The Bertz CT molecular complexity index is 537. The maximum Gasteiger partial charge on any atom is 0.341 e. The Morgan fingerprint density at radius 3 is 2.89 bits per heavy atom. The van der Waals surface area contributed by atoms with E-state index in [4.69, 9.17) is 15.6 Å². The molecule has 0 unspecified atom stereocenters. The highest BCUT2D eigenvalue weighted by Crippen LogP contribution is 2.24. The van der Waals surface area contributed by atoms with Crippen molar-refractivity contribution in [2.24, 2.45) is 0 Å². The molecule has 0 aliphatic heterocycles. The van der Waals surface area contributed by atoms with Crippen LogP contribution >= 0.6 is 11.3 Å². The highest BCUT2D eigenvalue weighted by molar-refractivity contribution is 7.07. The lowest BCUT2D eigenvalue weighted by Crippen LogP contribution is -2.08. The number of rotatable bonds is 5. The van der Waals surface area contributed by atoms with Gasteiger partial charge in [0, 0.05) is 12.1 Å². The average Bonchev–Trinajstić information content (AvgIpc) is 2.81. The zero-order chi connectivity index (χ0) is 13.0. The Hall–Kier alpha value is -2.01. The number of thiophene rings is 1. The van der Waals surface area contributed by atoms with Crippen LogP contribution in [0, 0.1) is 0 Å². The minimum atomic E-state index is -1.07. The van der Waals surface area contributed by atoms with Gasteiger partial charge in [-0.1, -0.05) is 6.07 Å². The summed E-state index contributed by atoms with van der Waals surface area (Å²) in [4.78, 5) is 11.1. The summed E-state index contributed by atoms with van der Waals surface area (Å²) >= 11 is 1.63. The standard InChI is InChI=1S/C13H13NO3S/c14-10-2-1-3-11(12(10)13(15)16)17-6-4-9-5-7-18-8-9/h1-3,5,7-8H,4,6,14H2,(H,15,16). The number of anilines is 1. The molecule has 5 heteroatoms. The van der Waals surface area contributed by atoms with Crippen LogP contribution in [-0.4, -0.2) is 17.7 Å². The van der Waals surface area contributed by atoms with Crippen molar-refractivity contribution in [2.45, 2.75) is 6.42 Å². The van der Waals surface area contributed by atoms with Crippen molar-refractivity contribution in [3.8, 4) is 5.75 Å². The molecule has 0 saturated heterocycles. The van der Waals surface area contributed by atoms with Crippen molar-refractivity contribution in [3.05, 3.63) is 46.2 Å². The molecular formula is C13H13NO3S. The molecule has 0 aliphatic carbocycles. The van der Waals surface area contributed by atoms with Crippen molar-refractivity contribution in [2.75, 3.05) is 12.3 Å². The summed E-state index contributed by atoms with van der Waals surface area (Å²) in [5, 5.41) is 13.1. The summed E-state index contributed by atoms with van der Waals surface area (Å²) in [6.07, 6.45) is 0.747. The molecule has 0 bridgehead atoms. The number of carbonyl (C=O) groups is 1. The maximum absolute atomic E-state index is 11.1. The lowest BCUT2D eigenvalue weighted by atomic mass is 10.1. The second kappa shape index (κ2) is 5.55. The van der Waals surface area contributed by atoms with Crippen LogP contribution < -0.4 is 10.5 Å². The molecule has 0 spiro atoms. The average molecular weight is 263 g/mol. The van der Waals surface area contributed by atoms with Gasteiger partial charge in [-0.2, -0.15) is 11.3 Å². The molecule has 1 heterocycles. The molecule has 0 saturated carbocycles. The van der Waals surface area contributed by atoms with Gasteiger partial charge in [0.05, 0.1) is 6.61 Å². The Labute approximate surface area is 109 Å².